The third-order valence-corrected chi connectivity index (χ3v) is 5.11. The van der Waals surface area contributed by atoms with Crippen LogP contribution in [0.25, 0.3) is 10.9 Å². The number of fused-ring (bicyclic) bond motifs is 1. The molecular formula is C16H21BN2O4S. The highest BCUT2D eigenvalue weighted by molar-refractivity contribution is 7.92. The molecule has 1 saturated heterocycles. The second-order valence-corrected chi connectivity index (χ2v) is 8.86. The molecule has 1 aliphatic heterocycles. The summed E-state index contributed by atoms with van der Waals surface area (Å²) in [5, 5.41) is 0.890. The fourth-order valence-corrected chi connectivity index (χ4v) is 3.01. The predicted octanol–water partition coefficient (Wildman–Crippen LogP) is 1.91. The Hall–Kier alpha value is -1.64. The van der Waals surface area contributed by atoms with Crippen molar-refractivity contribution in [3.8, 4) is 0 Å². The molecule has 2 heterocycles. The number of sulfonamides is 1. The Labute approximate surface area is 142 Å². The van der Waals surface area contributed by atoms with E-state index in [0.29, 0.717) is 11.3 Å². The van der Waals surface area contributed by atoms with Crippen LogP contribution in [0.5, 0.6) is 0 Å². The first-order valence-corrected chi connectivity index (χ1v) is 9.60. The minimum absolute atomic E-state index is 0.299. The van der Waals surface area contributed by atoms with Crippen LogP contribution in [0.2, 0.25) is 0 Å². The van der Waals surface area contributed by atoms with Gasteiger partial charge in [0.15, 0.2) is 0 Å². The number of nitrogens with zero attached hydrogens (tertiary/aromatic N) is 1. The highest BCUT2D eigenvalue weighted by atomic mass is 32.2. The van der Waals surface area contributed by atoms with Crippen LogP contribution in [-0.2, 0) is 19.3 Å². The van der Waals surface area contributed by atoms with Crippen molar-refractivity contribution in [3.63, 3.8) is 0 Å². The zero-order chi connectivity index (χ0) is 17.8. The third kappa shape index (κ3) is 3.26. The molecule has 6 nitrogen and oxygen atoms in total. The van der Waals surface area contributed by atoms with Crippen molar-refractivity contribution in [1.82, 2.24) is 4.98 Å². The Morgan fingerprint density at radius 3 is 2.25 bits per heavy atom. The number of aromatic nitrogens is 1. The Kier molecular flexibility index (Phi) is 3.90. The lowest BCUT2D eigenvalue weighted by Gasteiger charge is -2.32. The third-order valence-electron chi connectivity index (χ3n) is 4.53. The number of benzene rings is 1. The van der Waals surface area contributed by atoms with Crippen LogP contribution >= 0.6 is 0 Å². The van der Waals surface area contributed by atoms with E-state index >= 15 is 0 Å². The van der Waals surface area contributed by atoms with Crippen LogP contribution in [0.1, 0.15) is 27.7 Å². The van der Waals surface area contributed by atoms with Gasteiger partial charge in [-0.3, -0.25) is 4.72 Å². The lowest BCUT2D eigenvalue weighted by atomic mass is 9.78. The highest BCUT2D eigenvalue weighted by Gasteiger charge is 2.51. The van der Waals surface area contributed by atoms with E-state index in [4.69, 9.17) is 9.31 Å². The first kappa shape index (κ1) is 17.2. The molecule has 1 fully saturated rings. The van der Waals surface area contributed by atoms with Crippen LogP contribution in [0, 0.1) is 0 Å². The van der Waals surface area contributed by atoms with Gasteiger partial charge in [0.25, 0.3) is 0 Å². The van der Waals surface area contributed by atoms with E-state index in [2.05, 4.69) is 9.71 Å². The van der Waals surface area contributed by atoms with E-state index in [1.54, 1.807) is 6.07 Å². The van der Waals surface area contributed by atoms with Gasteiger partial charge in [0.1, 0.15) is 5.82 Å². The van der Waals surface area contributed by atoms with Crippen molar-refractivity contribution in [2.24, 2.45) is 0 Å². The fourth-order valence-electron chi connectivity index (χ4n) is 2.52. The number of hydrogen-bond acceptors (Lipinski definition) is 5. The van der Waals surface area contributed by atoms with Gasteiger partial charge < -0.3 is 9.31 Å². The molecule has 0 unspecified atom stereocenters. The molecule has 0 bridgehead atoms. The SMILES string of the molecule is CC1(C)OB(c2ccc3nc(NS(C)(=O)=O)ccc3c2)OC1(C)C. The minimum atomic E-state index is -3.35. The fraction of sp³-hybridized carbons (Fsp3) is 0.438. The molecule has 8 heteroatoms. The van der Waals surface area contributed by atoms with Crippen molar-refractivity contribution in [2.75, 3.05) is 11.0 Å². The van der Waals surface area contributed by atoms with E-state index in [1.807, 2.05) is 52.0 Å². The average molecular weight is 348 g/mol. The van der Waals surface area contributed by atoms with Gasteiger partial charge in [-0.15, -0.1) is 0 Å². The second kappa shape index (κ2) is 5.44. The molecule has 2 aromatic rings. The van der Waals surface area contributed by atoms with Gasteiger partial charge in [0.2, 0.25) is 10.0 Å². The van der Waals surface area contributed by atoms with E-state index < -0.39 is 28.3 Å². The summed E-state index contributed by atoms with van der Waals surface area (Å²) >= 11 is 0. The van der Waals surface area contributed by atoms with Gasteiger partial charge in [-0.25, -0.2) is 13.4 Å². The van der Waals surface area contributed by atoms with Crippen LogP contribution in [-0.4, -0.2) is 38.0 Å². The van der Waals surface area contributed by atoms with Gasteiger partial charge in [0.05, 0.1) is 23.0 Å². The smallest absolute Gasteiger partial charge is 0.399 e. The summed E-state index contributed by atoms with van der Waals surface area (Å²) in [5.41, 5.74) is 0.818. The predicted molar refractivity (Wildman–Crippen MR) is 95.9 cm³/mol. The van der Waals surface area contributed by atoms with E-state index in [9.17, 15) is 8.42 Å². The largest absolute Gasteiger partial charge is 0.494 e. The molecular weight excluding hydrogens is 327 g/mol. The molecule has 0 amide bonds. The Morgan fingerprint density at radius 2 is 1.67 bits per heavy atom. The van der Waals surface area contributed by atoms with Gasteiger partial charge in [0, 0.05) is 0 Å². The maximum Gasteiger partial charge on any atom is 0.494 e. The molecule has 1 aromatic carbocycles. The normalized spacial score (nSPS) is 19.6. The first-order chi connectivity index (χ1) is 11.0. The van der Waals surface area contributed by atoms with Crippen molar-refractivity contribution < 1.29 is 17.7 Å². The van der Waals surface area contributed by atoms with Crippen molar-refractivity contribution in [3.05, 3.63) is 30.3 Å². The Balaban J connectivity index is 1.92. The Bertz CT molecular complexity index is 880. The van der Waals surface area contributed by atoms with Gasteiger partial charge in [-0.1, -0.05) is 12.1 Å². The summed E-state index contributed by atoms with van der Waals surface area (Å²) in [6.07, 6.45) is 1.10. The van der Waals surface area contributed by atoms with Crippen molar-refractivity contribution >= 4 is 39.3 Å². The molecule has 128 valence electrons. The number of hydrogen-bond donors (Lipinski definition) is 1. The summed E-state index contributed by atoms with van der Waals surface area (Å²) in [7, 11) is -3.78. The summed E-state index contributed by atoms with van der Waals surface area (Å²) in [4.78, 5) is 4.31. The van der Waals surface area contributed by atoms with Gasteiger partial charge >= 0.3 is 7.12 Å². The minimum Gasteiger partial charge on any atom is -0.399 e. The summed E-state index contributed by atoms with van der Waals surface area (Å²) in [6, 6.07) is 9.14. The second-order valence-electron chi connectivity index (χ2n) is 7.11. The summed E-state index contributed by atoms with van der Waals surface area (Å²) in [5.74, 6) is 0.299. The lowest BCUT2D eigenvalue weighted by Crippen LogP contribution is -2.41. The number of pyridine rings is 1. The Morgan fingerprint density at radius 1 is 1.04 bits per heavy atom. The van der Waals surface area contributed by atoms with Crippen LogP contribution < -0.4 is 10.2 Å². The molecule has 0 aliphatic carbocycles. The van der Waals surface area contributed by atoms with Crippen LogP contribution in [0.3, 0.4) is 0 Å². The summed E-state index contributed by atoms with van der Waals surface area (Å²) in [6.45, 7) is 8.05. The first-order valence-electron chi connectivity index (χ1n) is 7.71. The maximum atomic E-state index is 11.3. The topological polar surface area (TPSA) is 77.5 Å². The number of anilines is 1. The van der Waals surface area contributed by atoms with Crippen LogP contribution in [0.4, 0.5) is 5.82 Å². The zero-order valence-corrected chi connectivity index (χ0v) is 15.3. The molecule has 1 aromatic heterocycles. The quantitative estimate of drug-likeness (QED) is 0.858. The van der Waals surface area contributed by atoms with Crippen molar-refractivity contribution in [2.45, 2.75) is 38.9 Å². The van der Waals surface area contributed by atoms with Gasteiger partial charge in [-0.2, -0.15) is 0 Å². The standard InChI is InChI=1S/C16H21BN2O4S/c1-15(2)16(3,4)23-17(22-15)12-7-8-13-11(10-12)6-9-14(18-13)19-24(5,20)21/h6-10H,1-5H3,(H,18,19). The number of rotatable bonds is 3. The number of nitrogens with one attached hydrogen (secondary N) is 1. The lowest BCUT2D eigenvalue weighted by molar-refractivity contribution is 0.00578. The molecule has 0 spiro atoms. The molecule has 3 rings (SSSR count). The molecule has 24 heavy (non-hydrogen) atoms. The van der Waals surface area contributed by atoms with E-state index in [1.165, 1.54) is 0 Å². The molecule has 0 radical (unpaired) electrons. The molecule has 0 atom stereocenters. The van der Waals surface area contributed by atoms with Crippen LogP contribution in [0.15, 0.2) is 30.3 Å². The zero-order valence-electron chi connectivity index (χ0n) is 14.5. The van der Waals surface area contributed by atoms with Crippen molar-refractivity contribution in [1.29, 1.82) is 0 Å². The van der Waals surface area contributed by atoms with E-state index in [-0.39, 0.29) is 0 Å². The molecule has 1 N–H and O–H groups in total. The van der Waals surface area contributed by atoms with E-state index in [0.717, 1.165) is 17.1 Å². The average Bonchev–Trinajstić information content (AvgIpc) is 2.65. The molecule has 1 aliphatic rings. The van der Waals surface area contributed by atoms with Gasteiger partial charge in [-0.05, 0) is 56.7 Å². The summed E-state index contributed by atoms with van der Waals surface area (Å²) < 4.78 is 37.1. The molecule has 0 saturated carbocycles. The maximum absolute atomic E-state index is 11.3. The highest BCUT2D eigenvalue weighted by Crippen LogP contribution is 2.36. The monoisotopic (exact) mass is 348 g/mol.